The first-order chi connectivity index (χ1) is 10.5. The van der Waals surface area contributed by atoms with Gasteiger partial charge in [-0.1, -0.05) is 12.1 Å². The fraction of sp³-hybridized carbons (Fsp3) is 0.500. The Kier molecular flexibility index (Phi) is 4.06. The van der Waals surface area contributed by atoms with E-state index in [-0.39, 0.29) is 5.43 Å². The molecular weight excluding hydrogens is 274 g/mol. The van der Waals surface area contributed by atoms with Crippen LogP contribution in [-0.2, 0) is 6.54 Å². The van der Waals surface area contributed by atoms with Crippen molar-refractivity contribution in [1.82, 2.24) is 14.8 Å². The third kappa shape index (κ3) is 2.69. The number of fused-ring (bicyclic) bond motifs is 1. The van der Waals surface area contributed by atoms with Gasteiger partial charge in [-0.05, 0) is 38.9 Å². The molecule has 118 valence electrons. The Morgan fingerprint density at radius 2 is 1.68 bits per heavy atom. The van der Waals surface area contributed by atoms with Gasteiger partial charge in [-0.3, -0.25) is 9.69 Å². The highest BCUT2D eigenvalue weighted by molar-refractivity contribution is 5.85. The second kappa shape index (κ2) is 5.86. The number of aromatic amines is 1. The molecule has 1 aliphatic heterocycles. The Balaban J connectivity index is 2.03. The Morgan fingerprint density at radius 3 is 2.36 bits per heavy atom. The van der Waals surface area contributed by atoms with Crippen molar-refractivity contribution in [3.8, 4) is 0 Å². The lowest BCUT2D eigenvalue weighted by Gasteiger charge is -2.32. The lowest BCUT2D eigenvalue weighted by molar-refractivity contribution is 0.147. The minimum atomic E-state index is 0.200. The summed E-state index contributed by atoms with van der Waals surface area (Å²) >= 11 is 0. The molecule has 0 bridgehead atoms. The van der Waals surface area contributed by atoms with E-state index < -0.39 is 0 Å². The van der Waals surface area contributed by atoms with Gasteiger partial charge < -0.3 is 9.88 Å². The Labute approximate surface area is 131 Å². The maximum atomic E-state index is 13.0. The van der Waals surface area contributed by atoms with E-state index in [0.29, 0.717) is 0 Å². The number of aryl methyl sites for hydroxylation is 3. The molecule has 4 nitrogen and oxygen atoms in total. The summed E-state index contributed by atoms with van der Waals surface area (Å²) in [7, 11) is 2.15. The van der Waals surface area contributed by atoms with Crippen LogP contribution in [0.4, 0.5) is 0 Å². The molecule has 0 spiro atoms. The Hall–Kier alpha value is -1.65. The smallest absolute Gasteiger partial charge is 0.194 e. The zero-order chi connectivity index (χ0) is 15.9. The highest BCUT2D eigenvalue weighted by Crippen LogP contribution is 2.20. The maximum Gasteiger partial charge on any atom is 0.194 e. The number of hydrogen-bond donors (Lipinski definition) is 1. The van der Waals surface area contributed by atoms with Crippen LogP contribution in [0.5, 0.6) is 0 Å². The first kappa shape index (κ1) is 15.3. The van der Waals surface area contributed by atoms with Crippen LogP contribution in [0.3, 0.4) is 0 Å². The predicted octanol–water partition coefficient (Wildman–Crippen LogP) is 2.20. The first-order valence-electron chi connectivity index (χ1n) is 8.00. The van der Waals surface area contributed by atoms with Gasteiger partial charge in [0.25, 0.3) is 0 Å². The van der Waals surface area contributed by atoms with Crippen molar-refractivity contribution in [2.45, 2.75) is 27.3 Å². The zero-order valence-electron chi connectivity index (χ0n) is 14.0. The number of nitrogens with zero attached hydrogens (tertiary/aromatic N) is 2. The van der Waals surface area contributed by atoms with E-state index in [0.717, 1.165) is 66.0 Å². The summed E-state index contributed by atoms with van der Waals surface area (Å²) in [5.41, 5.74) is 5.31. The molecule has 1 fully saturated rings. The van der Waals surface area contributed by atoms with Gasteiger partial charge in [0, 0.05) is 49.4 Å². The zero-order valence-corrected chi connectivity index (χ0v) is 14.0. The van der Waals surface area contributed by atoms with E-state index in [9.17, 15) is 4.79 Å². The second-order valence-electron chi connectivity index (χ2n) is 6.59. The van der Waals surface area contributed by atoms with Gasteiger partial charge >= 0.3 is 0 Å². The van der Waals surface area contributed by atoms with E-state index in [2.05, 4.69) is 34.8 Å². The van der Waals surface area contributed by atoms with Crippen molar-refractivity contribution in [2.75, 3.05) is 33.2 Å². The summed E-state index contributed by atoms with van der Waals surface area (Å²) in [6.07, 6.45) is 0. The number of nitrogens with one attached hydrogen (secondary N) is 1. The number of pyridine rings is 1. The highest BCUT2D eigenvalue weighted by Gasteiger charge is 2.18. The van der Waals surface area contributed by atoms with Crippen LogP contribution in [0.15, 0.2) is 16.9 Å². The molecule has 1 aromatic heterocycles. The van der Waals surface area contributed by atoms with Gasteiger partial charge in [0.05, 0.1) is 5.52 Å². The SMILES string of the molecule is Cc1[nH]c2c(C)ccc(C)c2c(=O)c1CN1CCN(C)CC1. The number of benzene rings is 1. The molecule has 0 saturated carbocycles. The van der Waals surface area contributed by atoms with Crippen molar-refractivity contribution in [3.05, 3.63) is 44.7 Å². The average molecular weight is 299 g/mol. The molecule has 0 aliphatic carbocycles. The van der Waals surface area contributed by atoms with Gasteiger partial charge in [0.1, 0.15) is 0 Å². The molecule has 1 N–H and O–H groups in total. The molecule has 0 unspecified atom stereocenters. The number of likely N-dealkylation sites (N-methyl/N-ethyl adjacent to an activating group) is 1. The lowest BCUT2D eigenvalue weighted by Crippen LogP contribution is -2.44. The monoisotopic (exact) mass is 299 g/mol. The number of H-pyrrole nitrogens is 1. The molecule has 0 atom stereocenters. The molecule has 22 heavy (non-hydrogen) atoms. The molecule has 1 aromatic carbocycles. The topological polar surface area (TPSA) is 39.3 Å². The Bertz CT molecular complexity index is 755. The van der Waals surface area contributed by atoms with Crippen LogP contribution in [0.25, 0.3) is 10.9 Å². The van der Waals surface area contributed by atoms with E-state index in [1.54, 1.807) is 0 Å². The van der Waals surface area contributed by atoms with Gasteiger partial charge in [0.2, 0.25) is 0 Å². The Morgan fingerprint density at radius 1 is 1.05 bits per heavy atom. The fourth-order valence-corrected chi connectivity index (χ4v) is 3.27. The summed E-state index contributed by atoms with van der Waals surface area (Å²) < 4.78 is 0. The van der Waals surface area contributed by atoms with Gasteiger partial charge in [-0.15, -0.1) is 0 Å². The average Bonchev–Trinajstić information content (AvgIpc) is 2.49. The molecule has 1 saturated heterocycles. The fourth-order valence-electron chi connectivity index (χ4n) is 3.27. The van der Waals surface area contributed by atoms with E-state index >= 15 is 0 Å². The van der Waals surface area contributed by atoms with Gasteiger partial charge in [-0.2, -0.15) is 0 Å². The van der Waals surface area contributed by atoms with Crippen molar-refractivity contribution >= 4 is 10.9 Å². The van der Waals surface area contributed by atoms with Crippen LogP contribution in [0, 0.1) is 20.8 Å². The molecule has 1 aliphatic rings. The van der Waals surface area contributed by atoms with E-state index in [1.807, 2.05) is 19.9 Å². The summed E-state index contributed by atoms with van der Waals surface area (Å²) in [5.74, 6) is 0. The molecule has 2 heterocycles. The third-order valence-electron chi connectivity index (χ3n) is 4.87. The predicted molar refractivity (Wildman–Crippen MR) is 91.6 cm³/mol. The summed E-state index contributed by atoms with van der Waals surface area (Å²) in [4.78, 5) is 21.2. The maximum absolute atomic E-state index is 13.0. The number of hydrogen-bond acceptors (Lipinski definition) is 3. The van der Waals surface area contributed by atoms with Gasteiger partial charge in [-0.25, -0.2) is 0 Å². The van der Waals surface area contributed by atoms with Crippen molar-refractivity contribution < 1.29 is 0 Å². The standard InChI is InChI=1S/C18H25N3O/c1-12-5-6-13(2)17-16(12)18(22)15(14(3)19-17)11-21-9-7-20(4)8-10-21/h5-6H,7-11H2,1-4H3,(H,19,22). The third-order valence-corrected chi connectivity index (χ3v) is 4.87. The van der Waals surface area contributed by atoms with Crippen LogP contribution in [0.2, 0.25) is 0 Å². The molecule has 0 amide bonds. The minimum absolute atomic E-state index is 0.200. The van der Waals surface area contributed by atoms with Crippen LogP contribution >= 0.6 is 0 Å². The number of piperazine rings is 1. The largest absolute Gasteiger partial charge is 0.358 e. The molecule has 4 heteroatoms. The minimum Gasteiger partial charge on any atom is -0.358 e. The lowest BCUT2D eigenvalue weighted by atomic mass is 10.0. The molecule has 3 rings (SSSR count). The normalized spacial score (nSPS) is 17.3. The number of aromatic nitrogens is 1. The van der Waals surface area contributed by atoms with Crippen LogP contribution in [0.1, 0.15) is 22.4 Å². The van der Waals surface area contributed by atoms with Gasteiger partial charge in [0.15, 0.2) is 5.43 Å². The highest BCUT2D eigenvalue weighted by atomic mass is 16.1. The van der Waals surface area contributed by atoms with Crippen molar-refractivity contribution in [1.29, 1.82) is 0 Å². The van der Waals surface area contributed by atoms with Crippen molar-refractivity contribution in [3.63, 3.8) is 0 Å². The summed E-state index contributed by atoms with van der Waals surface area (Å²) in [6.45, 7) is 11.0. The summed E-state index contributed by atoms with van der Waals surface area (Å²) in [6, 6.07) is 4.12. The quantitative estimate of drug-likeness (QED) is 0.924. The van der Waals surface area contributed by atoms with Crippen molar-refractivity contribution in [2.24, 2.45) is 0 Å². The van der Waals surface area contributed by atoms with Crippen LogP contribution < -0.4 is 5.43 Å². The molecule has 0 radical (unpaired) electrons. The summed E-state index contributed by atoms with van der Waals surface area (Å²) in [5, 5.41) is 0.856. The molecule has 2 aromatic rings. The van der Waals surface area contributed by atoms with E-state index in [1.165, 1.54) is 0 Å². The first-order valence-corrected chi connectivity index (χ1v) is 8.00. The van der Waals surface area contributed by atoms with Crippen LogP contribution in [-0.4, -0.2) is 48.0 Å². The second-order valence-corrected chi connectivity index (χ2v) is 6.59. The number of rotatable bonds is 2. The van der Waals surface area contributed by atoms with E-state index in [4.69, 9.17) is 0 Å². The molecular formula is C18H25N3O.